The maximum atomic E-state index is 5.33. The predicted molar refractivity (Wildman–Crippen MR) is 56.0 cm³/mol. The highest BCUT2D eigenvalue weighted by molar-refractivity contribution is 4.62. The molecule has 0 N–H and O–H groups in total. The van der Waals surface area contributed by atoms with Gasteiger partial charge in [0.1, 0.15) is 0 Å². The molecule has 1 aliphatic rings. The van der Waals surface area contributed by atoms with Gasteiger partial charge in [0, 0.05) is 19.8 Å². The summed E-state index contributed by atoms with van der Waals surface area (Å²) in [6.07, 6.45) is 6.86. The van der Waals surface area contributed by atoms with Crippen molar-refractivity contribution >= 4 is 0 Å². The summed E-state index contributed by atoms with van der Waals surface area (Å²) < 4.78 is 5.33. The highest BCUT2D eigenvalue weighted by Gasteiger charge is 2.07. The van der Waals surface area contributed by atoms with Gasteiger partial charge in [-0.25, -0.2) is 0 Å². The lowest BCUT2D eigenvalue weighted by atomic mass is 10.2. The highest BCUT2D eigenvalue weighted by atomic mass is 16.5. The molecule has 2 heteroatoms. The van der Waals surface area contributed by atoms with Crippen LogP contribution in [0.2, 0.25) is 0 Å². The van der Waals surface area contributed by atoms with Gasteiger partial charge in [0.25, 0.3) is 0 Å². The minimum absolute atomic E-state index is 0.861. The minimum Gasteiger partial charge on any atom is -0.382 e. The molecule has 0 aromatic rings. The predicted octanol–water partition coefficient (Wildman–Crippen LogP) is 2.29. The van der Waals surface area contributed by atoms with Crippen LogP contribution in [0.5, 0.6) is 0 Å². The van der Waals surface area contributed by atoms with Crippen LogP contribution in [0.15, 0.2) is 0 Å². The second-order valence-corrected chi connectivity index (χ2v) is 3.81. The van der Waals surface area contributed by atoms with Crippen molar-refractivity contribution in [3.63, 3.8) is 0 Å². The van der Waals surface area contributed by atoms with Crippen molar-refractivity contribution in [1.29, 1.82) is 0 Å². The van der Waals surface area contributed by atoms with Crippen molar-refractivity contribution in [1.82, 2.24) is 4.90 Å². The second-order valence-electron chi connectivity index (χ2n) is 3.81. The van der Waals surface area contributed by atoms with E-state index in [9.17, 15) is 0 Å². The van der Waals surface area contributed by atoms with Gasteiger partial charge in [0.05, 0.1) is 0 Å². The van der Waals surface area contributed by atoms with Crippen molar-refractivity contribution in [2.24, 2.45) is 0 Å². The standard InChI is InChI=1S/C11H23NO/c1-2-13-11-7-10-12-8-5-3-4-6-9-12/h2-11H2,1H3. The fourth-order valence-corrected chi connectivity index (χ4v) is 1.89. The van der Waals surface area contributed by atoms with Gasteiger partial charge in [0.2, 0.25) is 0 Å². The van der Waals surface area contributed by atoms with E-state index in [1.807, 2.05) is 0 Å². The van der Waals surface area contributed by atoms with Gasteiger partial charge in [-0.1, -0.05) is 12.8 Å². The fourth-order valence-electron chi connectivity index (χ4n) is 1.89. The Kier molecular flexibility index (Phi) is 6.21. The summed E-state index contributed by atoms with van der Waals surface area (Å²) in [4.78, 5) is 2.59. The van der Waals surface area contributed by atoms with E-state index < -0.39 is 0 Å². The zero-order chi connectivity index (χ0) is 9.36. The Balaban J connectivity index is 1.98. The van der Waals surface area contributed by atoms with Crippen molar-refractivity contribution in [2.75, 3.05) is 32.8 Å². The summed E-state index contributed by atoms with van der Waals surface area (Å²) in [7, 11) is 0. The zero-order valence-electron chi connectivity index (χ0n) is 8.93. The lowest BCUT2D eigenvalue weighted by molar-refractivity contribution is 0.132. The third-order valence-electron chi connectivity index (χ3n) is 2.67. The molecule has 0 amide bonds. The van der Waals surface area contributed by atoms with Gasteiger partial charge in [-0.05, 0) is 39.3 Å². The van der Waals surface area contributed by atoms with Crippen LogP contribution in [0.4, 0.5) is 0 Å². The van der Waals surface area contributed by atoms with E-state index in [0.717, 1.165) is 13.2 Å². The first kappa shape index (κ1) is 11.0. The molecule has 0 saturated carbocycles. The number of rotatable bonds is 5. The Morgan fingerprint density at radius 1 is 1.08 bits per heavy atom. The summed E-state index contributed by atoms with van der Waals surface area (Å²) in [6.45, 7) is 7.72. The monoisotopic (exact) mass is 185 g/mol. The Labute approximate surface area is 82.3 Å². The molecule has 0 aliphatic carbocycles. The molecule has 0 unspecified atom stereocenters. The molecule has 0 spiro atoms. The number of nitrogens with zero attached hydrogens (tertiary/aromatic N) is 1. The van der Waals surface area contributed by atoms with Gasteiger partial charge in [0.15, 0.2) is 0 Å². The molecule has 1 saturated heterocycles. The molecule has 1 heterocycles. The van der Waals surface area contributed by atoms with Gasteiger partial charge < -0.3 is 9.64 Å². The van der Waals surface area contributed by atoms with Crippen LogP contribution in [-0.2, 0) is 4.74 Å². The molecular formula is C11H23NO. The van der Waals surface area contributed by atoms with E-state index in [-0.39, 0.29) is 0 Å². The molecule has 0 aromatic heterocycles. The van der Waals surface area contributed by atoms with Gasteiger partial charge in [-0.2, -0.15) is 0 Å². The number of ether oxygens (including phenoxy) is 1. The Bertz CT molecular complexity index is 109. The maximum Gasteiger partial charge on any atom is 0.0478 e. The number of likely N-dealkylation sites (tertiary alicyclic amines) is 1. The van der Waals surface area contributed by atoms with Crippen LogP contribution in [0.1, 0.15) is 39.0 Å². The quantitative estimate of drug-likeness (QED) is 0.609. The van der Waals surface area contributed by atoms with E-state index in [0.29, 0.717) is 0 Å². The Morgan fingerprint density at radius 2 is 1.77 bits per heavy atom. The third-order valence-corrected chi connectivity index (χ3v) is 2.67. The largest absolute Gasteiger partial charge is 0.382 e. The van der Waals surface area contributed by atoms with E-state index in [2.05, 4.69) is 11.8 Å². The van der Waals surface area contributed by atoms with Gasteiger partial charge >= 0.3 is 0 Å². The summed E-state index contributed by atoms with van der Waals surface area (Å²) >= 11 is 0. The first-order chi connectivity index (χ1) is 6.43. The molecule has 0 radical (unpaired) electrons. The summed E-state index contributed by atoms with van der Waals surface area (Å²) in [5.41, 5.74) is 0. The van der Waals surface area contributed by atoms with E-state index in [1.165, 1.54) is 51.7 Å². The fraction of sp³-hybridized carbons (Fsp3) is 1.00. The zero-order valence-corrected chi connectivity index (χ0v) is 8.93. The smallest absolute Gasteiger partial charge is 0.0478 e. The normalized spacial score (nSPS) is 20.1. The van der Waals surface area contributed by atoms with Crippen LogP contribution in [0.25, 0.3) is 0 Å². The van der Waals surface area contributed by atoms with Crippen molar-refractivity contribution in [3.8, 4) is 0 Å². The Morgan fingerprint density at radius 3 is 2.38 bits per heavy atom. The highest BCUT2D eigenvalue weighted by Crippen LogP contribution is 2.09. The van der Waals surface area contributed by atoms with Crippen LogP contribution in [0, 0.1) is 0 Å². The molecule has 0 bridgehead atoms. The number of hydrogen-bond donors (Lipinski definition) is 0. The van der Waals surface area contributed by atoms with Crippen molar-refractivity contribution in [2.45, 2.75) is 39.0 Å². The number of hydrogen-bond acceptors (Lipinski definition) is 2. The molecule has 13 heavy (non-hydrogen) atoms. The van der Waals surface area contributed by atoms with E-state index >= 15 is 0 Å². The lowest BCUT2D eigenvalue weighted by Crippen LogP contribution is -2.26. The first-order valence-electron chi connectivity index (χ1n) is 5.73. The molecular weight excluding hydrogens is 162 g/mol. The summed E-state index contributed by atoms with van der Waals surface area (Å²) in [5, 5.41) is 0. The van der Waals surface area contributed by atoms with Crippen LogP contribution in [0.3, 0.4) is 0 Å². The molecule has 0 atom stereocenters. The van der Waals surface area contributed by atoms with Gasteiger partial charge in [-0.3, -0.25) is 0 Å². The third kappa shape index (κ3) is 5.27. The molecule has 1 fully saturated rings. The van der Waals surface area contributed by atoms with Gasteiger partial charge in [-0.15, -0.1) is 0 Å². The molecule has 1 rings (SSSR count). The molecule has 1 aliphatic heterocycles. The maximum absolute atomic E-state index is 5.33. The summed E-state index contributed by atoms with van der Waals surface area (Å²) in [5.74, 6) is 0. The molecule has 78 valence electrons. The topological polar surface area (TPSA) is 12.5 Å². The Hall–Kier alpha value is -0.0800. The van der Waals surface area contributed by atoms with Crippen molar-refractivity contribution < 1.29 is 4.74 Å². The average molecular weight is 185 g/mol. The molecule has 0 aromatic carbocycles. The summed E-state index contributed by atoms with van der Waals surface area (Å²) in [6, 6.07) is 0. The van der Waals surface area contributed by atoms with Crippen LogP contribution in [-0.4, -0.2) is 37.7 Å². The lowest BCUT2D eigenvalue weighted by Gasteiger charge is -2.19. The SMILES string of the molecule is CCOCCCN1CCCCCC1. The second kappa shape index (κ2) is 7.34. The van der Waals surface area contributed by atoms with Crippen LogP contribution < -0.4 is 0 Å². The van der Waals surface area contributed by atoms with E-state index in [1.54, 1.807) is 0 Å². The molecule has 2 nitrogen and oxygen atoms in total. The first-order valence-corrected chi connectivity index (χ1v) is 5.73. The van der Waals surface area contributed by atoms with E-state index in [4.69, 9.17) is 4.74 Å². The average Bonchev–Trinajstić information content (AvgIpc) is 2.41. The van der Waals surface area contributed by atoms with Crippen molar-refractivity contribution in [3.05, 3.63) is 0 Å². The van der Waals surface area contributed by atoms with Crippen LogP contribution >= 0.6 is 0 Å². The minimum atomic E-state index is 0.861.